The highest BCUT2D eigenvalue weighted by Crippen LogP contribution is 2.13. The Morgan fingerprint density at radius 1 is 1.50 bits per heavy atom. The highest BCUT2D eigenvalue weighted by atomic mass is 19.1. The summed E-state index contributed by atoms with van der Waals surface area (Å²) in [6.45, 7) is 0. The zero-order valence-electron chi connectivity index (χ0n) is 7.40. The van der Waals surface area contributed by atoms with Crippen molar-refractivity contribution in [2.45, 2.75) is 0 Å². The second-order valence-electron chi connectivity index (χ2n) is 2.67. The van der Waals surface area contributed by atoms with Crippen LogP contribution in [0.1, 0.15) is 0 Å². The second-order valence-corrected chi connectivity index (χ2v) is 2.67. The van der Waals surface area contributed by atoms with E-state index in [1.807, 2.05) is 0 Å². The van der Waals surface area contributed by atoms with Crippen LogP contribution in [0.15, 0.2) is 29.2 Å². The number of pyridine rings is 1. The number of halogens is 1. The largest absolute Gasteiger partial charge is 0.480 e. The summed E-state index contributed by atoms with van der Waals surface area (Å²) in [6, 6.07) is 5.00. The van der Waals surface area contributed by atoms with E-state index in [9.17, 15) is 9.18 Å². The Morgan fingerprint density at radius 2 is 2.29 bits per heavy atom. The van der Waals surface area contributed by atoms with Gasteiger partial charge in [0.1, 0.15) is 5.65 Å². The molecule has 14 heavy (non-hydrogen) atoms. The molecule has 4 nitrogen and oxygen atoms in total. The second kappa shape index (κ2) is 3.10. The Balaban J connectivity index is 2.96. The zero-order valence-corrected chi connectivity index (χ0v) is 7.40. The van der Waals surface area contributed by atoms with Crippen molar-refractivity contribution in [1.29, 1.82) is 0 Å². The van der Waals surface area contributed by atoms with Gasteiger partial charge < -0.3 is 4.74 Å². The summed E-state index contributed by atoms with van der Waals surface area (Å²) in [7, 11) is 1.30. The van der Waals surface area contributed by atoms with Crippen LogP contribution in [0.5, 0.6) is 5.88 Å². The van der Waals surface area contributed by atoms with Crippen molar-refractivity contribution in [3.8, 4) is 5.88 Å². The first-order valence-electron chi connectivity index (χ1n) is 3.95. The lowest BCUT2D eigenvalue weighted by Crippen LogP contribution is -2.16. The predicted octanol–water partition coefficient (Wildman–Crippen LogP) is 0.842. The molecule has 72 valence electrons. The number of methoxy groups -OCH3 is 1. The van der Waals surface area contributed by atoms with Crippen LogP contribution in [0.3, 0.4) is 0 Å². The van der Waals surface area contributed by atoms with Crippen molar-refractivity contribution in [1.82, 2.24) is 9.38 Å². The molecule has 2 aromatic rings. The highest BCUT2D eigenvalue weighted by Gasteiger charge is 2.11. The molecule has 0 fully saturated rings. The fourth-order valence-electron chi connectivity index (χ4n) is 1.24. The number of hydrogen-bond donors (Lipinski definition) is 0. The number of hydrogen-bond acceptors (Lipinski definition) is 3. The van der Waals surface area contributed by atoms with Gasteiger partial charge in [-0.05, 0) is 12.1 Å². The number of ether oxygens (including phenoxy) is 1. The molecule has 0 aliphatic carbocycles. The molecule has 2 rings (SSSR count). The lowest BCUT2D eigenvalue weighted by molar-refractivity contribution is 0.359. The molecule has 5 heteroatoms. The van der Waals surface area contributed by atoms with Gasteiger partial charge in [-0.25, -0.2) is 0 Å². The molecule has 0 aliphatic heterocycles. The molecule has 0 radical (unpaired) electrons. The van der Waals surface area contributed by atoms with Gasteiger partial charge in [-0.1, -0.05) is 6.07 Å². The van der Waals surface area contributed by atoms with E-state index in [1.165, 1.54) is 11.5 Å². The van der Waals surface area contributed by atoms with E-state index >= 15 is 0 Å². The molecule has 0 amide bonds. The molecule has 2 aromatic heterocycles. The number of nitrogens with zero attached hydrogens (tertiary/aromatic N) is 2. The minimum atomic E-state index is -0.976. The maximum atomic E-state index is 13.2. The van der Waals surface area contributed by atoms with Crippen molar-refractivity contribution in [2.24, 2.45) is 0 Å². The topological polar surface area (TPSA) is 43.6 Å². The average molecular weight is 194 g/mol. The normalized spacial score (nSPS) is 10.4. The minimum absolute atomic E-state index is 0.124. The van der Waals surface area contributed by atoms with Gasteiger partial charge in [0, 0.05) is 6.20 Å². The van der Waals surface area contributed by atoms with Crippen LogP contribution in [-0.2, 0) is 0 Å². The molecule has 0 unspecified atom stereocenters. The average Bonchev–Trinajstić information content (AvgIpc) is 2.20. The van der Waals surface area contributed by atoms with E-state index in [4.69, 9.17) is 4.74 Å². The van der Waals surface area contributed by atoms with Gasteiger partial charge in [0.15, 0.2) is 0 Å². The fraction of sp³-hybridized carbons (Fsp3) is 0.111. The van der Waals surface area contributed by atoms with Crippen LogP contribution in [0, 0.1) is 5.82 Å². The molecule has 0 N–H and O–H groups in total. The van der Waals surface area contributed by atoms with Gasteiger partial charge in [0.05, 0.1) is 7.11 Å². The molecule has 0 aromatic carbocycles. The predicted molar refractivity (Wildman–Crippen MR) is 48.0 cm³/mol. The lowest BCUT2D eigenvalue weighted by atomic mass is 10.4. The first-order chi connectivity index (χ1) is 6.74. The summed E-state index contributed by atoms with van der Waals surface area (Å²) in [5.41, 5.74) is -0.552. The molecule has 0 atom stereocenters. The minimum Gasteiger partial charge on any atom is -0.480 e. The van der Waals surface area contributed by atoms with Gasteiger partial charge in [-0.2, -0.15) is 9.37 Å². The standard InChI is InChI=1S/C9H7FN2O2/c1-14-9-7(10)8(13)11-6-4-2-3-5-12(6)9/h2-5H,1H3. The molecule has 0 saturated heterocycles. The van der Waals surface area contributed by atoms with E-state index in [0.29, 0.717) is 5.65 Å². The van der Waals surface area contributed by atoms with Gasteiger partial charge in [0.2, 0.25) is 11.7 Å². The van der Waals surface area contributed by atoms with Crippen LogP contribution in [0.2, 0.25) is 0 Å². The molecule has 0 saturated carbocycles. The smallest absolute Gasteiger partial charge is 0.313 e. The molecular formula is C9H7FN2O2. The Labute approximate surface area is 78.6 Å². The summed E-state index contributed by atoms with van der Waals surface area (Å²) in [5.74, 6) is -1.10. The summed E-state index contributed by atoms with van der Waals surface area (Å²) >= 11 is 0. The SMILES string of the molecule is COc1c(F)c(=O)nc2ccccn12. The van der Waals surface area contributed by atoms with Crippen molar-refractivity contribution in [3.63, 3.8) is 0 Å². The number of aromatic nitrogens is 2. The highest BCUT2D eigenvalue weighted by molar-refractivity contribution is 5.40. The van der Waals surface area contributed by atoms with E-state index in [1.54, 1.807) is 24.4 Å². The zero-order chi connectivity index (χ0) is 10.1. The van der Waals surface area contributed by atoms with Crippen LogP contribution < -0.4 is 10.3 Å². The maximum Gasteiger partial charge on any atom is 0.313 e. The molecule has 0 bridgehead atoms. The van der Waals surface area contributed by atoms with E-state index in [-0.39, 0.29) is 5.88 Å². The first kappa shape index (κ1) is 8.68. The summed E-state index contributed by atoms with van der Waals surface area (Å²) in [6.07, 6.45) is 1.57. The Hall–Kier alpha value is -1.91. The van der Waals surface area contributed by atoms with Crippen LogP contribution in [0.25, 0.3) is 5.65 Å². The van der Waals surface area contributed by atoms with Crippen molar-refractivity contribution >= 4 is 5.65 Å². The van der Waals surface area contributed by atoms with Gasteiger partial charge in [0.25, 0.3) is 0 Å². The number of fused-ring (bicyclic) bond motifs is 1. The maximum absolute atomic E-state index is 13.2. The lowest BCUT2D eigenvalue weighted by Gasteiger charge is -2.06. The summed E-state index contributed by atoms with van der Waals surface area (Å²) < 4.78 is 19.4. The first-order valence-corrected chi connectivity index (χ1v) is 3.95. The van der Waals surface area contributed by atoms with Gasteiger partial charge >= 0.3 is 5.56 Å². The monoisotopic (exact) mass is 194 g/mol. The van der Waals surface area contributed by atoms with E-state index < -0.39 is 11.4 Å². The quantitative estimate of drug-likeness (QED) is 0.675. The Morgan fingerprint density at radius 3 is 3.00 bits per heavy atom. The third-order valence-electron chi connectivity index (χ3n) is 1.84. The van der Waals surface area contributed by atoms with E-state index in [0.717, 1.165) is 0 Å². The molecule has 2 heterocycles. The summed E-state index contributed by atoms with van der Waals surface area (Å²) in [4.78, 5) is 14.6. The molecule has 0 spiro atoms. The van der Waals surface area contributed by atoms with Crippen LogP contribution in [0.4, 0.5) is 4.39 Å². The summed E-state index contributed by atoms with van der Waals surface area (Å²) in [5, 5.41) is 0. The van der Waals surface area contributed by atoms with Gasteiger partial charge in [-0.15, -0.1) is 0 Å². The van der Waals surface area contributed by atoms with Crippen molar-refractivity contribution in [2.75, 3.05) is 7.11 Å². The third-order valence-corrected chi connectivity index (χ3v) is 1.84. The number of rotatable bonds is 1. The van der Waals surface area contributed by atoms with Gasteiger partial charge in [-0.3, -0.25) is 9.20 Å². The van der Waals surface area contributed by atoms with Crippen molar-refractivity contribution < 1.29 is 9.13 Å². The fourth-order valence-corrected chi connectivity index (χ4v) is 1.24. The molecular weight excluding hydrogens is 187 g/mol. The Bertz CT molecular complexity index is 536. The van der Waals surface area contributed by atoms with Crippen LogP contribution in [-0.4, -0.2) is 16.5 Å². The molecule has 0 aliphatic rings. The van der Waals surface area contributed by atoms with Crippen LogP contribution >= 0.6 is 0 Å². The van der Waals surface area contributed by atoms with E-state index in [2.05, 4.69) is 4.98 Å². The third kappa shape index (κ3) is 1.14. The Kier molecular flexibility index (Phi) is 1.92. The van der Waals surface area contributed by atoms with Crippen molar-refractivity contribution in [3.05, 3.63) is 40.6 Å².